The van der Waals surface area contributed by atoms with Crippen LogP contribution in [0, 0.1) is 5.92 Å². The summed E-state index contributed by atoms with van der Waals surface area (Å²) in [5.41, 5.74) is 7.69. The Labute approximate surface area is 86.5 Å². The zero-order valence-corrected chi connectivity index (χ0v) is 9.09. The number of hydrogen-bond donors (Lipinski definition) is 2. The Bertz CT molecular complexity index is 271. The first-order chi connectivity index (χ1) is 6.74. The van der Waals surface area contributed by atoms with Crippen LogP contribution in [0.5, 0.6) is 0 Å². The molecule has 14 heavy (non-hydrogen) atoms. The van der Waals surface area contributed by atoms with Gasteiger partial charge in [-0.2, -0.15) is 0 Å². The van der Waals surface area contributed by atoms with Gasteiger partial charge in [0.05, 0.1) is 11.4 Å². The SMILES string of the molecule is CCC(C)CCNc1ccccc1N. The number of nitrogens with two attached hydrogens (primary N) is 1. The van der Waals surface area contributed by atoms with Crippen LogP contribution in [0.25, 0.3) is 0 Å². The molecule has 0 aliphatic carbocycles. The molecule has 0 radical (unpaired) electrons. The molecular formula is C12H20N2. The van der Waals surface area contributed by atoms with E-state index < -0.39 is 0 Å². The molecule has 0 saturated carbocycles. The molecule has 0 aromatic heterocycles. The Morgan fingerprint density at radius 2 is 2.07 bits per heavy atom. The quantitative estimate of drug-likeness (QED) is 0.703. The summed E-state index contributed by atoms with van der Waals surface area (Å²) in [6, 6.07) is 7.90. The van der Waals surface area contributed by atoms with Gasteiger partial charge in [-0.3, -0.25) is 0 Å². The summed E-state index contributed by atoms with van der Waals surface area (Å²) in [4.78, 5) is 0. The Hall–Kier alpha value is -1.18. The van der Waals surface area contributed by atoms with Gasteiger partial charge in [-0.1, -0.05) is 32.4 Å². The minimum absolute atomic E-state index is 0.785. The van der Waals surface area contributed by atoms with Gasteiger partial charge >= 0.3 is 0 Å². The molecule has 0 bridgehead atoms. The van der Waals surface area contributed by atoms with Crippen molar-refractivity contribution in [1.29, 1.82) is 0 Å². The highest BCUT2D eigenvalue weighted by molar-refractivity contribution is 5.65. The molecule has 2 nitrogen and oxygen atoms in total. The molecule has 1 rings (SSSR count). The van der Waals surface area contributed by atoms with E-state index in [1.165, 1.54) is 12.8 Å². The van der Waals surface area contributed by atoms with Crippen LogP contribution in [0.15, 0.2) is 24.3 Å². The third kappa shape index (κ3) is 3.29. The van der Waals surface area contributed by atoms with Crippen molar-refractivity contribution < 1.29 is 0 Å². The molecule has 0 aliphatic heterocycles. The molecule has 3 N–H and O–H groups in total. The molecule has 0 amide bonds. The van der Waals surface area contributed by atoms with Crippen molar-refractivity contribution in [3.8, 4) is 0 Å². The molecule has 0 fully saturated rings. The molecule has 2 heteroatoms. The van der Waals surface area contributed by atoms with Crippen molar-refractivity contribution in [2.24, 2.45) is 5.92 Å². The van der Waals surface area contributed by atoms with Crippen molar-refractivity contribution in [3.05, 3.63) is 24.3 Å². The van der Waals surface area contributed by atoms with E-state index in [0.717, 1.165) is 23.8 Å². The molecular weight excluding hydrogens is 172 g/mol. The van der Waals surface area contributed by atoms with Crippen molar-refractivity contribution in [2.75, 3.05) is 17.6 Å². The summed E-state index contributed by atoms with van der Waals surface area (Å²) in [5, 5.41) is 3.35. The van der Waals surface area contributed by atoms with Crippen molar-refractivity contribution in [3.63, 3.8) is 0 Å². The minimum atomic E-state index is 0.785. The Balaban J connectivity index is 2.35. The summed E-state index contributed by atoms with van der Waals surface area (Å²) in [6.07, 6.45) is 2.44. The smallest absolute Gasteiger partial charge is 0.0573 e. The van der Waals surface area contributed by atoms with E-state index in [1.807, 2.05) is 24.3 Å². The highest BCUT2D eigenvalue weighted by Crippen LogP contribution is 2.17. The first-order valence-corrected chi connectivity index (χ1v) is 5.32. The van der Waals surface area contributed by atoms with Crippen molar-refractivity contribution >= 4 is 11.4 Å². The zero-order valence-electron chi connectivity index (χ0n) is 9.09. The van der Waals surface area contributed by atoms with E-state index in [2.05, 4.69) is 19.2 Å². The maximum Gasteiger partial charge on any atom is 0.0573 e. The van der Waals surface area contributed by atoms with Gasteiger partial charge in [-0.15, -0.1) is 0 Å². The standard InChI is InChI=1S/C12H20N2/c1-3-10(2)8-9-14-12-7-5-4-6-11(12)13/h4-7,10,14H,3,8-9,13H2,1-2H3. The second kappa shape index (κ2) is 5.53. The van der Waals surface area contributed by atoms with Gasteiger partial charge in [0.25, 0.3) is 0 Å². The minimum Gasteiger partial charge on any atom is -0.397 e. The maximum absolute atomic E-state index is 5.81. The van der Waals surface area contributed by atoms with Crippen LogP contribution in [0.2, 0.25) is 0 Å². The molecule has 0 spiro atoms. The molecule has 0 saturated heterocycles. The summed E-state index contributed by atoms with van der Waals surface area (Å²) in [7, 11) is 0. The van der Waals surface area contributed by atoms with E-state index >= 15 is 0 Å². The van der Waals surface area contributed by atoms with Gasteiger partial charge in [0.1, 0.15) is 0 Å². The summed E-state index contributed by atoms with van der Waals surface area (Å²) in [5.74, 6) is 0.785. The molecule has 0 aliphatic rings. The number of benzene rings is 1. The second-order valence-corrected chi connectivity index (χ2v) is 3.82. The largest absolute Gasteiger partial charge is 0.397 e. The first-order valence-electron chi connectivity index (χ1n) is 5.32. The average Bonchev–Trinajstić information content (AvgIpc) is 2.20. The lowest BCUT2D eigenvalue weighted by Gasteiger charge is -2.11. The predicted molar refractivity (Wildman–Crippen MR) is 63.4 cm³/mol. The fourth-order valence-corrected chi connectivity index (χ4v) is 1.32. The lowest BCUT2D eigenvalue weighted by molar-refractivity contribution is 0.532. The maximum atomic E-state index is 5.81. The van der Waals surface area contributed by atoms with Crippen LogP contribution in [-0.4, -0.2) is 6.54 Å². The molecule has 78 valence electrons. The Kier molecular flexibility index (Phi) is 4.30. The number of rotatable bonds is 5. The Morgan fingerprint density at radius 1 is 1.36 bits per heavy atom. The number of hydrogen-bond acceptors (Lipinski definition) is 2. The van der Waals surface area contributed by atoms with Gasteiger partial charge in [0.2, 0.25) is 0 Å². The lowest BCUT2D eigenvalue weighted by atomic mass is 10.1. The van der Waals surface area contributed by atoms with Gasteiger partial charge in [-0.25, -0.2) is 0 Å². The lowest BCUT2D eigenvalue weighted by Crippen LogP contribution is -2.07. The highest BCUT2D eigenvalue weighted by atomic mass is 14.9. The van der Waals surface area contributed by atoms with Crippen LogP contribution in [0.3, 0.4) is 0 Å². The first kappa shape index (κ1) is 10.9. The predicted octanol–water partition coefficient (Wildman–Crippen LogP) is 3.12. The average molecular weight is 192 g/mol. The van der Waals surface area contributed by atoms with Crippen molar-refractivity contribution in [1.82, 2.24) is 0 Å². The number of nitrogens with one attached hydrogen (secondary N) is 1. The fraction of sp³-hybridized carbons (Fsp3) is 0.500. The van der Waals surface area contributed by atoms with Crippen LogP contribution < -0.4 is 11.1 Å². The Morgan fingerprint density at radius 3 is 2.71 bits per heavy atom. The molecule has 1 aromatic rings. The molecule has 1 atom stereocenters. The molecule has 1 aromatic carbocycles. The normalized spacial score (nSPS) is 12.4. The van der Waals surface area contributed by atoms with E-state index in [9.17, 15) is 0 Å². The number of para-hydroxylation sites is 2. The monoisotopic (exact) mass is 192 g/mol. The second-order valence-electron chi connectivity index (χ2n) is 3.82. The fourth-order valence-electron chi connectivity index (χ4n) is 1.32. The third-order valence-corrected chi connectivity index (χ3v) is 2.61. The van der Waals surface area contributed by atoms with E-state index in [-0.39, 0.29) is 0 Å². The van der Waals surface area contributed by atoms with E-state index in [4.69, 9.17) is 5.73 Å². The summed E-state index contributed by atoms with van der Waals surface area (Å²) >= 11 is 0. The van der Waals surface area contributed by atoms with E-state index in [1.54, 1.807) is 0 Å². The summed E-state index contributed by atoms with van der Waals surface area (Å²) in [6.45, 7) is 5.50. The van der Waals surface area contributed by atoms with Crippen LogP contribution in [0.4, 0.5) is 11.4 Å². The van der Waals surface area contributed by atoms with Crippen LogP contribution in [-0.2, 0) is 0 Å². The zero-order chi connectivity index (χ0) is 10.4. The van der Waals surface area contributed by atoms with Gasteiger partial charge in [0, 0.05) is 6.54 Å². The van der Waals surface area contributed by atoms with Crippen LogP contribution >= 0.6 is 0 Å². The van der Waals surface area contributed by atoms with Crippen LogP contribution in [0.1, 0.15) is 26.7 Å². The highest BCUT2D eigenvalue weighted by Gasteiger charge is 1.99. The van der Waals surface area contributed by atoms with E-state index in [0.29, 0.717) is 0 Å². The van der Waals surface area contributed by atoms with Gasteiger partial charge in [-0.05, 0) is 24.5 Å². The third-order valence-electron chi connectivity index (χ3n) is 2.61. The van der Waals surface area contributed by atoms with Gasteiger partial charge in [0.15, 0.2) is 0 Å². The van der Waals surface area contributed by atoms with Gasteiger partial charge < -0.3 is 11.1 Å². The summed E-state index contributed by atoms with van der Waals surface area (Å²) < 4.78 is 0. The molecule has 1 unspecified atom stereocenters. The number of nitrogen functional groups attached to an aromatic ring is 1. The van der Waals surface area contributed by atoms with Crippen molar-refractivity contribution in [2.45, 2.75) is 26.7 Å². The topological polar surface area (TPSA) is 38.0 Å². The number of anilines is 2. The molecule has 0 heterocycles.